The quantitative estimate of drug-likeness (QED) is 0.194. The van der Waals surface area contributed by atoms with Crippen molar-refractivity contribution in [3.05, 3.63) is 22.3 Å². The molecule has 2 heterocycles. The van der Waals surface area contributed by atoms with Crippen LogP contribution < -0.4 is 14.8 Å². The van der Waals surface area contributed by atoms with Gasteiger partial charge in [0.2, 0.25) is 0 Å². The van der Waals surface area contributed by atoms with Gasteiger partial charge in [0, 0.05) is 5.56 Å². The molecule has 4 atom stereocenters. The predicted octanol–water partition coefficient (Wildman–Crippen LogP) is 8.79. The Hall–Kier alpha value is -1.55. The van der Waals surface area contributed by atoms with Crippen LogP contribution in [0.15, 0.2) is 0 Å². The fourth-order valence-electron chi connectivity index (χ4n) is 6.47. The molecule has 0 saturated carbocycles. The Labute approximate surface area is 234 Å². The highest BCUT2D eigenvalue weighted by molar-refractivity contribution is 5.80. The Balaban J connectivity index is 1.48. The number of esters is 1. The van der Waals surface area contributed by atoms with Gasteiger partial charge in [0.25, 0.3) is 0 Å². The van der Waals surface area contributed by atoms with Gasteiger partial charge < -0.3 is 14.8 Å². The molecule has 4 nitrogen and oxygen atoms in total. The van der Waals surface area contributed by atoms with Gasteiger partial charge in [0.1, 0.15) is 23.1 Å². The number of fused-ring (bicyclic) bond motifs is 1. The molecule has 0 spiro atoms. The van der Waals surface area contributed by atoms with Gasteiger partial charge in [-0.2, -0.15) is 0 Å². The number of benzene rings is 1. The van der Waals surface area contributed by atoms with Crippen LogP contribution in [0.5, 0.6) is 11.5 Å². The van der Waals surface area contributed by atoms with Crippen molar-refractivity contribution in [2.24, 2.45) is 17.8 Å². The highest BCUT2D eigenvalue weighted by Gasteiger charge is 2.35. The predicted molar refractivity (Wildman–Crippen MR) is 159 cm³/mol. The van der Waals surface area contributed by atoms with E-state index in [0.29, 0.717) is 0 Å². The lowest BCUT2D eigenvalue weighted by Crippen LogP contribution is -2.37. The topological polar surface area (TPSA) is 47.6 Å². The third-order valence-electron chi connectivity index (χ3n) is 9.39. The van der Waals surface area contributed by atoms with Crippen molar-refractivity contribution in [3.63, 3.8) is 0 Å². The molecule has 38 heavy (non-hydrogen) atoms. The highest BCUT2D eigenvalue weighted by atomic mass is 16.5. The van der Waals surface area contributed by atoms with Crippen molar-refractivity contribution in [2.75, 3.05) is 6.54 Å². The molecular formula is C34H57NO3. The lowest BCUT2D eigenvalue weighted by atomic mass is 9.83. The molecule has 1 saturated heterocycles. The number of carbonyl (C=O) groups is 1. The fraction of sp³-hybridized carbons (Fsp3) is 0.794. The van der Waals surface area contributed by atoms with E-state index in [4.69, 9.17) is 9.47 Å². The fourth-order valence-corrected chi connectivity index (χ4v) is 6.47. The van der Waals surface area contributed by atoms with Gasteiger partial charge >= 0.3 is 5.97 Å². The Bertz CT molecular complexity index is 917. The first kappa shape index (κ1) is 31.0. The van der Waals surface area contributed by atoms with Gasteiger partial charge in [-0.1, -0.05) is 72.6 Å². The van der Waals surface area contributed by atoms with E-state index < -0.39 is 0 Å². The zero-order valence-electron chi connectivity index (χ0n) is 25.9. The summed E-state index contributed by atoms with van der Waals surface area (Å²) >= 11 is 0. The minimum Gasteiger partial charge on any atom is -0.487 e. The SMILES string of the molecule is Cc1c(C)c2c(c(C)c1OC(=O)C1CCCN1)CCC(C)(CCCC(C)CCCC(C)CCCC(C)C)O2. The van der Waals surface area contributed by atoms with E-state index in [1.807, 2.05) is 0 Å². The van der Waals surface area contributed by atoms with Crippen LogP contribution >= 0.6 is 0 Å². The zero-order chi connectivity index (χ0) is 27.9. The van der Waals surface area contributed by atoms with E-state index in [1.165, 1.54) is 56.9 Å². The number of ether oxygens (including phenoxy) is 2. The molecule has 3 rings (SSSR count). The molecule has 4 heteroatoms. The number of hydrogen-bond acceptors (Lipinski definition) is 4. The molecule has 1 aromatic rings. The summed E-state index contributed by atoms with van der Waals surface area (Å²) in [5.74, 6) is 4.12. The first-order valence-corrected chi connectivity index (χ1v) is 15.8. The van der Waals surface area contributed by atoms with Crippen LogP contribution in [0.25, 0.3) is 0 Å². The molecular weight excluding hydrogens is 470 g/mol. The van der Waals surface area contributed by atoms with Gasteiger partial charge in [-0.3, -0.25) is 0 Å². The number of carbonyl (C=O) groups excluding carboxylic acids is 1. The first-order valence-electron chi connectivity index (χ1n) is 15.8. The maximum atomic E-state index is 12.7. The number of hydrogen-bond donors (Lipinski definition) is 1. The highest BCUT2D eigenvalue weighted by Crippen LogP contribution is 2.45. The van der Waals surface area contributed by atoms with Crippen LogP contribution in [0.2, 0.25) is 0 Å². The van der Waals surface area contributed by atoms with Crippen molar-refractivity contribution < 1.29 is 14.3 Å². The molecule has 2 aliphatic rings. The molecule has 0 bridgehead atoms. The maximum absolute atomic E-state index is 12.7. The van der Waals surface area contributed by atoms with Crippen LogP contribution in [-0.2, 0) is 11.2 Å². The average Bonchev–Trinajstić information content (AvgIpc) is 3.40. The Morgan fingerprint density at radius 2 is 1.58 bits per heavy atom. The smallest absolute Gasteiger partial charge is 0.328 e. The first-order chi connectivity index (χ1) is 18.0. The second kappa shape index (κ2) is 14.2. The molecule has 0 aliphatic carbocycles. The third kappa shape index (κ3) is 8.47. The van der Waals surface area contributed by atoms with Gasteiger partial charge in [0.15, 0.2) is 0 Å². The minimum absolute atomic E-state index is 0.118. The summed E-state index contributed by atoms with van der Waals surface area (Å²) in [4.78, 5) is 12.7. The monoisotopic (exact) mass is 527 g/mol. The molecule has 1 aromatic carbocycles. The molecule has 1 N–H and O–H groups in total. The standard InChI is InChI=1S/C34H57NO3/c1-23(2)13-9-14-24(3)15-10-16-25(4)17-11-20-34(8)21-19-29-28(7)31(26(5)27(6)32(29)38-34)37-33(36)30-18-12-22-35-30/h23-25,30,35H,9-22H2,1-8H3. The van der Waals surface area contributed by atoms with Gasteiger partial charge in [-0.05, 0) is 107 Å². The zero-order valence-corrected chi connectivity index (χ0v) is 25.9. The summed E-state index contributed by atoms with van der Waals surface area (Å²) in [5.41, 5.74) is 4.33. The van der Waals surface area contributed by atoms with Crippen molar-refractivity contribution in [3.8, 4) is 11.5 Å². The summed E-state index contributed by atoms with van der Waals surface area (Å²) in [7, 11) is 0. The normalized spacial score (nSPS) is 22.7. The van der Waals surface area contributed by atoms with E-state index in [9.17, 15) is 4.79 Å². The molecule has 2 aliphatic heterocycles. The van der Waals surface area contributed by atoms with Crippen LogP contribution in [-0.4, -0.2) is 24.2 Å². The largest absolute Gasteiger partial charge is 0.487 e. The number of nitrogens with one attached hydrogen (secondary N) is 1. The van der Waals surface area contributed by atoms with Crippen LogP contribution in [0, 0.1) is 38.5 Å². The molecule has 1 fully saturated rings. The Morgan fingerprint density at radius 1 is 0.947 bits per heavy atom. The van der Waals surface area contributed by atoms with E-state index in [-0.39, 0.29) is 17.6 Å². The van der Waals surface area contributed by atoms with Crippen LogP contribution in [0.3, 0.4) is 0 Å². The van der Waals surface area contributed by atoms with E-state index in [2.05, 4.69) is 60.7 Å². The van der Waals surface area contributed by atoms with E-state index in [1.54, 1.807) is 0 Å². The summed E-state index contributed by atoms with van der Waals surface area (Å²) in [6.07, 6.45) is 15.8. The lowest BCUT2D eigenvalue weighted by molar-refractivity contribution is -0.136. The van der Waals surface area contributed by atoms with Crippen LogP contribution in [0.4, 0.5) is 0 Å². The van der Waals surface area contributed by atoms with Crippen molar-refractivity contribution in [1.82, 2.24) is 5.32 Å². The van der Waals surface area contributed by atoms with Crippen molar-refractivity contribution in [1.29, 1.82) is 0 Å². The second-order valence-corrected chi connectivity index (χ2v) is 13.5. The lowest BCUT2D eigenvalue weighted by Gasteiger charge is -2.38. The maximum Gasteiger partial charge on any atom is 0.328 e. The summed E-state index contributed by atoms with van der Waals surface area (Å²) < 4.78 is 12.7. The average molecular weight is 528 g/mol. The molecule has 4 unspecified atom stereocenters. The van der Waals surface area contributed by atoms with Gasteiger partial charge in [-0.25, -0.2) is 4.79 Å². The minimum atomic E-state index is -0.176. The Morgan fingerprint density at radius 3 is 2.18 bits per heavy atom. The molecule has 0 aromatic heterocycles. The molecule has 216 valence electrons. The summed E-state index contributed by atoms with van der Waals surface area (Å²) in [5, 5.41) is 3.26. The summed E-state index contributed by atoms with van der Waals surface area (Å²) in [6, 6.07) is -0.176. The third-order valence-corrected chi connectivity index (χ3v) is 9.39. The molecule has 0 amide bonds. The second-order valence-electron chi connectivity index (χ2n) is 13.5. The van der Waals surface area contributed by atoms with Gasteiger partial charge in [0.05, 0.1) is 0 Å². The van der Waals surface area contributed by atoms with Crippen LogP contribution in [0.1, 0.15) is 134 Å². The summed E-state index contributed by atoms with van der Waals surface area (Å²) in [6.45, 7) is 19.0. The van der Waals surface area contributed by atoms with E-state index >= 15 is 0 Å². The van der Waals surface area contributed by atoms with E-state index in [0.717, 1.165) is 84.6 Å². The van der Waals surface area contributed by atoms with Gasteiger partial charge in [-0.15, -0.1) is 0 Å². The Kier molecular flexibility index (Phi) is 11.6. The number of rotatable bonds is 14. The van der Waals surface area contributed by atoms with Crippen molar-refractivity contribution in [2.45, 2.75) is 151 Å². The molecule has 0 radical (unpaired) electrons. The van der Waals surface area contributed by atoms with Crippen molar-refractivity contribution >= 4 is 5.97 Å².